The molecule has 0 atom stereocenters. The number of nitro groups is 1. The minimum atomic E-state index is -0.511. The molecular weight excluding hydrogens is 382 g/mol. The van der Waals surface area contributed by atoms with Crippen LogP contribution in [0.25, 0.3) is 10.2 Å². The van der Waals surface area contributed by atoms with Crippen LogP contribution in [-0.4, -0.2) is 55.9 Å². The Morgan fingerprint density at radius 1 is 1.21 bits per heavy atom. The van der Waals surface area contributed by atoms with E-state index in [-0.39, 0.29) is 11.2 Å². The first kappa shape index (κ1) is 18.4. The molecule has 1 aliphatic rings. The summed E-state index contributed by atoms with van der Waals surface area (Å²) in [6, 6.07) is 0. The van der Waals surface area contributed by atoms with E-state index < -0.39 is 4.92 Å². The number of anilines is 1. The third kappa shape index (κ3) is 3.45. The second-order valence-corrected chi connectivity index (χ2v) is 7.94. The van der Waals surface area contributed by atoms with Gasteiger partial charge in [-0.3, -0.25) is 19.8 Å². The molecule has 1 saturated heterocycles. The molecule has 10 nitrogen and oxygen atoms in total. The summed E-state index contributed by atoms with van der Waals surface area (Å²) < 4.78 is 0. The van der Waals surface area contributed by atoms with Gasteiger partial charge in [0.15, 0.2) is 0 Å². The molecule has 0 radical (unpaired) electrons. The van der Waals surface area contributed by atoms with E-state index in [1.807, 2.05) is 18.7 Å². The van der Waals surface area contributed by atoms with Crippen LogP contribution in [0.5, 0.6) is 0 Å². The molecule has 0 aliphatic carbocycles. The fourth-order valence-electron chi connectivity index (χ4n) is 3.26. The highest BCUT2D eigenvalue weighted by atomic mass is 32.1. The van der Waals surface area contributed by atoms with Gasteiger partial charge < -0.3 is 9.88 Å². The fraction of sp³-hybridized carbons (Fsp3) is 0.412. The van der Waals surface area contributed by atoms with Gasteiger partial charge in [0.05, 0.1) is 16.9 Å². The summed E-state index contributed by atoms with van der Waals surface area (Å²) in [6.07, 6.45) is 2.45. The van der Waals surface area contributed by atoms with E-state index in [2.05, 4.69) is 24.8 Å². The van der Waals surface area contributed by atoms with Crippen molar-refractivity contribution in [2.24, 2.45) is 0 Å². The van der Waals surface area contributed by atoms with Gasteiger partial charge in [0.2, 0.25) is 5.95 Å². The Hall–Kier alpha value is -2.92. The van der Waals surface area contributed by atoms with Gasteiger partial charge in [-0.25, -0.2) is 15.0 Å². The highest BCUT2D eigenvalue weighted by Gasteiger charge is 2.21. The monoisotopic (exact) mass is 401 g/mol. The van der Waals surface area contributed by atoms with Crippen molar-refractivity contribution in [3.63, 3.8) is 0 Å². The standard InChI is InChI=1S/C17H19N7O3S/c1-10-11(2)28-16-14(10)15(25)20-13(21-16)9-22-3-5-23(6-4-22)17-18-7-12(8-19-17)24(26)27/h7-8H,3-6,9H2,1-2H3,(H,20,21,25). The van der Waals surface area contributed by atoms with E-state index in [4.69, 9.17) is 0 Å². The lowest BCUT2D eigenvalue weighted by Crippen LogP contribution is -2.46. The van der Waals surface area contributed by atoms with E-state index in [9.17, 15) is 14.9 Å². The van der Waals surface area contributed by atoms with Gasteiger partial charge in [0.1, 0.15) is 23.0 Å². The second kappa shape index (κ2) is 7.24. The maximum atomic E-state index is 12.4. The number of H-pyrrole nitrogens is 1. The van der Waals surface area contributed by atoms with Crippen molar-refractivity contribution in [2.75, 3.05) is 31.1 Å². The van der Waals surface area contributed by atoms with Crippen LogP contribution in [0.1, 0.15) is 16.3 Å². The number of fused-ring (bicyclic) bond motifs is 1. The van der Waals surface area contributed by atoms with Crippen LogP contribution in [0, 0.1) is 24.0 Å². The lowest BCUT2D eigenvalue weighted by Gasteiger charge is -2.34. The number of hydrogen-bond donors (Lipinski definition) is 1. The smallest absolute Gasteiger partial charge is 0.305 e. The molecular formula is C17H19N7O3S. The van der Waals surface area contributed by atoms with Crippen LogP contribution < -0.4 is 10.5 Å². The first-order valence-corrected chi connectivity index (χ1v) is 9.66. The minimum Gasteiger partial charge on any atom is -0.338 e. The van der Waals surface area contributed by atoms with Gasteiger partial charge in [-0.05, 0) is 19.4 Å². The highest BCUT2D eigenvalue weighted by Crippen LogP contribution is 2.25. The molecule has 3 aromatic rings. The average molecular weight is 401 g/mol. The summed E-state index contributed by atoms with van der Waals surface area (Å²) in [4.78, 5) is 44.4. The van der Waals surface area contributed by atoms with Crippen LogP contribution in [0.15, 0.2) is 17.2 Å². The first-order valence-electron chi connectivity index (χ1n) is 8.85. The summed E-state index contributed by atoms with van der Waals surface area (Å²) in [5.74, 6) is 1.15. The van der Waals surface area contributed by atoms with E-state index in [1.165, 1.54) is 12.4 Å². The molecule has 0 spiro atoms. The predicted molar refractivity (Wildman–Crippen MR) is 106 cm³/mol. The number of aromatic amines is 1. The topological polar surface area (TPSA) is 121 Å². The molecule has 0 aromatic carbocycles. The summed E-state index contributed by atoms with van der Waals surface area (Å²) in [6.45, 7) is 7.42. The Morgan fingerprint density at radius 2 is 1.89 bits per heavy atom. The number of nitrogens with zero attached hydrogens (tertiary/aromatic N) is 6. The van der Waals surface area contributed by atoms with Crippen molar-refractivity contribution < 1.29 is 4.92 Å². The Bertz CT molecular complexity index is 1080. The molecule has 4 rings (SSSR count). The van der Waals surface area contributed by atoms with Crippen molar-refractivity contribution in [2.45, 2.75) is 20.4 Å². The average Bonchev–Trinajstić information content (AvgIpc) is 2.96. The van der Waals surface area contributed by atoms with Crippen molar-refractivity contribution in [3.8, 4) is 0 Å². The first-order chi connectivity index (χ1) is 13.4. The van der Waals surface area contributed by atoms with Gasteiger partial charge in [-0.2, -0.15) is 0 Å². The zero-order valence-corrected chi connectivity index (χ0v) is 16.3. The van der Waals surface area contributed by atoms with Crippen molar-refractivity contribution >= 4 is 33.2 Å². The van der Waals surface area contributed by atoms with Crippen LogP contribution in [0.2, 0.25) is 0 Å². The summed E-state index contributed by atoms with van der Waals surface area (Å²) in [5.41, 5.74) is 0.795. The SMILES string of the molecule is Cc1sc2nc(CN3CCN(c4ncc([N+](=O)[O-])cn4)CC3)[nH]c(=O)c2c1C. The van der Waals surface area contributed by atoms with E-state index >= 15 is 0 Å². The summed E-state index contributed by atoms with van der Waals surface area (Å²) in [5, 5.41) is 11.4. The molecule has 1 N–H and O–H groups in total. The largest absolute Gasteiger partial charge is 0.338 e. The van der Waals surface area contributed by atoms with E-state index in [1.54, 1.807) is 11.3 Å². The van der Waals surface area contributed by atoms with E-state index in [0.717, 1.165) is 28.4 Å². The molecule has 0 unspecified atom stereocenters. The van der Waals surface area contributed by atoms with E-state index in [0.29, 0.717) is 36.8 Å². The lowest BCUT2D eigenvalue weighted by molar-refractivity contribution is -0.385. The molecule has 11 heteroatoms. The third-order valence-electron chi connectivity index (χ3n) is 4.95. The maximum Gasteiger partial charge on any atom is 0.305 e. The van der Waals surface area contributed by atoms with Crippen molar-refractivity contribution in [1.82, 2.24) is 24.8 Å². The number of thiophene rings is 1. The molecule has 0 amide bonds. The van der Waals surface area contributed by atoms with Crippen LogP contribution in [0.4, 0.5) is 11.6 Å². The lowest BCUT2D eigenvalue weighted by atomic mass is 10.2. The third-order valence-corrected chi connectivity index (χ3v) is 6.05. The van der Waals surface area contributed by atoms with Gasteiger partial charge >= 0.3 is 5.69 Å². The normalized spacial score (nSPS) is 15.3. The second-order valence-electron chi connectivity index (χ2n) is 6.74. The molecule has 4 heterocycles. The van der Waals surface area contributed by atoms with Crippen LogP contribution in [0.3, 0.4) is 0 Å². The summed E-state index contributed by atoms with van der Waals surface area (Å²) >= 11 is 1.55. The molecule has 0 bridgehead atoms. The molecule has 3 aromatic heterocycles. The number of aryl methyl sites for hydroxylation is 2. The zero-order valence-electron chi connectivity index (χ0n) is 15.5. The summed E-state index contributed by atoms with van der Waals surface area (Å²) in [7, 11) is 0. The van der Waals surface area contributed by atoms with Gasteiger partial charge in [0.25, 0.3) is 5.56 Å². The zero-order chi connectivity index (χ0) is 19.8. The van der Waals surface area contributed by atoms with Crippen molar-refractivity contribution in [1.29, 1.82) is 0 Å². The molecule has 146 valence electrons. The van der Waals surface area contributed by atoms with Gasteiger partial charge in [-0.15, -0.1) is 11.3 Å². The minimum absolute atomic E-state index is 0.0836. The molecule has 1 fully saturated rings. The van der Waals surface area contributed by atoms with Gasteiger partial charge in [-0.1, -0.05) is 0 Å². The van der Waals surface area contributed by atoms with Crippen LogP contribution >= 0.6 is 11.3 Å². The van der Waals surface area contributed by atoms with Gasteiger partial charge in [0, 0.05) is 31.1 Å². The number of piperazine rings is 1. The Morgan fingerprint density at radius 3 is 2.54 bits per heavy atom. The quantitative estimate of drug-likeness (QED) is 0.517. The molecule has 1 aliphatic heterocycles. The Balaban J connectivity index is 1.42. The highest BCUT2D eigenvalue weighted by molar-refractivity contribution is 7.18. The number of rotatable bonds is 4. The molecule has 0 saturated carbocycles. The number of nitrogens with one attached hydrogen (secondary N) is 1. The fourth-order valence-corrected chi connectivity index (χ4v) is 4.31. The molecule has 28 heavy (non-hydrogen) atoms. The Kier molecular flexibility index (Phi) is 4.77. The number of aromatic nitrogens is 4. The predicted octanol–water partition coefficient (Wildman–Crippen LogP) is 1.62. The number of hydrogen-bond acceptors (Lipinski definition) is 9. The van der Waals surface area contributed by atoms with Crippen LogP contribution in [-0.2, 0) is 6.54 Å². The maximum absolute atomic E-state index is 12.4. The van der Waals surface area contributed by atoms with Crippen molar-refractivity contribution in [3.05, 3.63) is 49.1 Å². The Labute approximate surface area is 164 Å².